The van der Waals surface area contributed by atoms with Crippen LogP contribution in [0.25, 0.3) is 0 Å². The Kier molecular flexibility index (Phi) is 5.55. The molecule has 0 saturated heterocycles. The normalized spacial score (nSPS) is 23.6. The Morgan fingerprint density at radius 1 is 1.09 bits per heavy atom. The van der Waals surface area contributed by atoms with Gasteiger partial charge in [0.1, 0.15) is 24.6 Å². The first kappa shape index (κ1) is 16.0. The topological polar surface area (TPSA) is 71.1 Å². The predicted octanol–water partition coefficient (Wildman–Crippen LogP) is 1.84. The van der Waals surface area contributed by atoms with Gasteiger partial charge in [-0.05, 0) is 24.3 Å². The second-order valence-electron chi connectivity index (χ2n) is 4.74. The zero-order valence-electron chi connectivity index (χ0n) is 12.4. The number of benzene rings is 1. The summed E-state index contributed by atoms with van der Waals surface area (Å²) < 4.78 is 21.4. The number of esters is 2. The molecule has 0 spiro atoms. The lowest BCUT2D eigenvalue weighted by molar-refractivity contribution is -0.178. The lowest BCUT2D eigenvalue weighted by Crippen LogP contribution is -2.42. The highest BCUT2D eigenvalue weighted by Gasteiger charge is 2.31. The summed E-state index contributed by atoms with van der Waals surface area (Å²) >= 11 is 0. The minimum absolute atomic E-state index is 0.0216. The lowest BCUT2D eigenvalue weighted by Gasteiger charge is -2.31. The van der Waals surface area contributed by atoms with Gasteiger partial charge in [0.15, 0.2) is 0 Å². The van der Waals surface area contributed by atoms with E-state index in [4.69, 9.17) is 18.9 Å². The number of hydrogen-bond donors (Lipinski definition) is 0. The van der Waals surface area contributed by atoms with E-state index < -0.39 is 30.4 Å². The van der Waals surface area contributed by atoms with E-state index in [-0.39, 0.29) is 6.61 Å². The second kappa shape index (κ2) is 7.61. The lowest BCUT2D eigenvalue weighted by atomic mass is 10.1. The number of carbonyl (C=O) groups is 2. The SMILES string of the molecule is CC(=O)OC[C@H]1O[C@H](Oc2ccccc2)C=C[C@H]1OC(C)=O. The van der Waals surface area contributed by atoms with E-state index in [2.05, 4.69) is 0 Å². The molecular formula is C16H18O6. The maximum Gasteiger partial charge on any atom is 0.303 e. The zero-order valence-corrected chi connectivity index (χ0v) is 12.4. The summed E-state index contributed by atoms with van der Waals surface area (Å²) in [4.78, 5) is 22.1. The number of rotatable bonds is 5. The van der Waals surface area contributed by atoms with Crippen molar-refractivity contribution in [1.29, 1.82) is 0 Å². The average molecular weight is 306 g/mol. The van der Waals surface area contributed by atoms with Crippen molar-refractivity contribution in [1.82, 2.24) is 0 Å². The molecule has 3 atom stereocenters. The van der Waals surface area contributed by atoms with Crippen LogP contribution in [0.4, 0.5) is 0 Å². The van der Waals surface area contributed by atoms with Crippen LogP contribution in [0.3, 0.4) is 0 Å². The van der Waals surface area contributed by atoms with Crippen LogP contribution in [-0.2, 0) is 23.8 Å². The molecule has 0 bridgehead atoms. The largest absolute Gasteiger partial charge is 0.463 e. The van der Waals surface area contributed by atoms with E-state index >= 15 is 0 Å². The molecule has 0 aromatic heterocycles. The third kappa shape index (κ3) is 4.89. The van der Waals surface area contributed by atoms with Gasteiger partial charge in [0.25, 0.3) is 0 Å². The summed E-state index contributed by atoms with van der Waals surface area (Å²) in [6.45, 7) is 2.59. The van der Waals surface area contributed by atoms with Crippen molar-refractivity contribution in [2.24, 2.45) is 0 Å². The molecule has 0 amide bonds. The molecule has 1 aliphatic rings. The Morgan fingerprint density at radius 3 is 2.45 bits per heavy atom. The Morgan fingerprint density at radius 2 is 1.82 bits per heavy atom. The molecule has 0 N–H and O–H groups in total. The average Bonchev–Trinajstić information content (AvgIpc) is 2.48. The van der Waals surface area contributed by atoms with Gasteiger partial charge >= 0.3 is 11.9 Å². The molecule has 1 aliphatic heterocycles. The maximum atomic E-state index is 11.1. The molecule has 0 aliphatic carbocycles. The summed E-state index contributed by atoms with van der Waals surface area (Å²) in [5.41, 5.74) is 0. The third-order valence-corrected chi connectivity index (χ3v) is 2.88. The van der Waals surface area contributed by atoms with Crippen LogP contribution >= 0.6 is 0 Å². The predicted molar refractivity (Wildman–Crippen MR) is 77.1 cm³/mol. The minimum Gasteiger partial charge on any atom is -0.463 e. The summed E-state index contributed by atoms with van der Waals surface area (Å²) in [6.07, 6.45) is 1.45. The molecule has 2 rings (SSSR count). The monoisotopic (exact) mass is 306 g/mol. The van der Waals surface area contributed by atoms with E-state index in [1.54, 1.807) is 24.3 Å². The highest BCUT2D eigenvalue weighted by atomic mass is 16.7. The van der Waals surface area contributed by atoms with Gasteiger partial charge in [-0.3, -0.25) is 9.59 Å². The second-order valence-corrected chi connectivity index (χ2v) is 4.74. The van der Waals surface area contributed by atoms with Crippen LogP contribution in [0, 0.1) is 0 Å². The van der Waals surface area contributed by atoms with E-state index in [1.165, 1.54) is 13.8 Å². The van der Waals surface area contributed by atoms with Gasteiger partial charge in [0, 0.05) is 13.8 Å². The molecule has 0 radical (unpaired) electrons. The molecule has 0 fully saturated rings. The van der Waals surface area contributed by atoms with Crippen LogP contribution in [0.1, 0.15) is 13.8 Å². The molecule has 6 nitrogen and oxygen atoms in total. The molecule has 1 heterocycles. The van der Waals surface area contributed by atoms with E-state index in [9.17, 15) is 9.59 Å². The van der Waals surface area contributed by atoms with Crippen molar-refractivity contribution in [2.45, 2.75) is 32.3 Å². The van der Waals surface area contributed by atoms with Gasteiger partial charge in [-0.15, -0.1) is 0 Å². The van der Waals surface area contributed by atoms with Gasteiger partial charge in [0.05, 0.1) is 0 Å². The van der Waals surface area contributed by atoms with E-state index in [0.717, 1.165) is 0 Å². The van der Waals surface area contributed by atoms with Crippen molar-refractivity contribution in [3.8, 4) is 5.75 Å². The van der Waals surface area contributed by atoms with Crippen molar-refractivity contribution in [3.05, 3.63) is 42.5 Å². The fraction of sp³-hybridized carbons (Fsp3) is 0.375. The van der Waals surface area contributed by atoms with E-state index in [0.29, 0.717) is 5.75 Å². The van der Waals surface area contributed by atoms with Crippen LogP contribution in [0.5, 0.6) is 5.75 Å². The molecule has 1 aromatic rings. The first-order chi connectivity index (χ1) is 10.5. The Labute approximate surface area is 128 Å². The first-order valence-corrected chi connectivity index (χ1v) is 6.90. The van der Waals surface area contributed by atoms with Crippen molar-refractivity contribution in [2.75, 3.05) is 6.61 Å². The summed E-state index contributed by atoms with van der Waals surface area (Å²) in [5, 5.41) is 0. The summed E-state index contributed by atoms with van der Waals surface area (Å²) in [6, 6.07) is 9.18. The molecular weight excluding hydrogens is 288 g/mol. The zero-order chi connectivity index (χ0) is 15.9. The van der Waals surface area contributed by atoms with Gasteiger partial charge < -0.3 is 18.9 Å². The number of ether oxygens (including phenoxy) is 4. The molecule has 0 saturated carbocycles. The highest BCUT2D eigenvalue weighted by molar-refractivity contribution is 5.66. The standard InChI is InChI=1S/C16H18O6/c1-11(17)19-10-15-14(20-12(2)18)8-9-16(22-15)21-13-6-4-3-5-7-13/h3-9,14-16H,10H2,1-2H3/t14-,15-,16+/m1/s1. The van der Waals surface area contributed by atoms with Gasteiger partial charge in [-0.2, -0.15) is 0 Å². The number of para-hydroxylation sites is 1. The van der Waals surface area contributed by atoms with Gasteiger partial charge in [-0.1, -0.05) is 18.2 Å². The van der Waals surface area contributed by atoms with Crippen LogP contribution in [0.2, 0.25) is 0 Å². The fourth-order valence-corrected chi connectivity index (χ4v) is 1.96. The first-order valence-electron chi connectivity index (χ1n) is 6.90. The highest BCUT2D eigenvalue weighted by Crippen LogP contribution is 2.20. The van der Waals surface area contributed by atoms with Crippen LogP contribution in [-0.4, -0.2) is 37.0 Å². The van der Waals surface area contributed by atoms with Crippen molar-refractivity contribution < 1.29 is 28.5 Å². The van der Waals surface area contributed by atoms with Gasteiger partial charge in [0.2, 0.25) is 6.29 Å². The maximum absolute atomic E-state index is 11.1. The Bertz CT molecular complexity index is 539. The number of hydrogen-bond acceptors (Lipinski definition) is 6. The Balaban J connectivity index is 2.02. The minimum atomic E-state index is -0.644. The third-order valence-electron chi connectivity index (χ3n) is 2.88. The number of carbonyl (C=O) groups excluding carboxylic acids is 2. The molecule has 22 heavy (non-hydrogen) atoms. The van der Waals surface area contributed by atoms with E-state index in [1.807, 2.05) is 18.2 Å². The molecule has 6 heteroatoms. The smallest absolute Gasteiger partial charge is 0.303 e. The quantitative estimate of drug-likeness (QED) is 0.610. The fourth-order valence-electron chi connectivity index (χ4n) is 1.96. The van der Waals surface area contributed by atoms with Crippen molar-refractivity contribution >= 4 is 11.9 Å². The molecule has 1 aromatic carbocycles. The molecule has 0 unspecified atom stereocenters. The van der Waals surface area contributed by atoms with Gasteiger partial charge in [-0.25, -0.2) is 0 Å². The summed E-state index contributed by atoms with van der Waals surface area (Å²) in [7, 11) is 0. The van der Waals surface area contributed by atoms with Crippen LogP contribution < -0.4 is 4.74 Å². The van der Waals surface area contributed by atoms with Crippen molar-refractivity contribution in [3.63, 3.8) is 0 Å². The Hall–Kier alpha value is -2.34. The van der Waals surface area contributed by atoms with Crippen LogP contribution in [0.15, 0.2) is 42.5 Å². The summed E-state index contributed by atoms with van der Waals surface area (Å²) in [5.74, 6) is -0.219. The molecule has 118 valence electrons.